The van der Waals surface area contributed by atoms with Crippen LogP contribution >= 0.6 is 0 Å². The summed E-state index contributed by atoms with van der Waals surface area (Å²) in [7, 11) is 3.12. The number of nitrogens with zero attached hydrogens (tertiary/aromatic N) is 2. The lowest BCUT2D eigenvalue weighted by atomic mass is 10.3. The van der Waals surface area contributed by atoms with Crippen molar-refractivity contribution in [3.05, 3.63) is 11.9 Å². The largest absolute Gasteiger partial charge is 0.481 e. The highest BCUT2D eigenvalue weighted by Crippen LogP contribution is 2.13. The summed E-state index contributed by atoms with van der Waals surface area (Å²) in [5.41, 5.74) is 0. The van der Waals surface area contributed by atoms with E-state index in [-0.39, 0.29) is 5.91 Å². The molecule has 0 aliphatic carbocycles. The molecule has 7 heteroatoms. The monoisotopic (exact) mass is 268 g/mol. The summed E-state index contributed by atoms with van der Waals surface area (Å²) in [6, 6.07) is 1.24. The van der Waals surface area contributed by atoms with E-state index in [0.29, 0.717) is 30.7 Å². The van der Waals surface area contributed by atoms with Gasteiger partial charge in [0, 0.05) is 19.7 Å². The van der Waals surface area contributed by atoms with E-state index < -0.39 is 6.04 Å². The van der Waals surface area contributed by atoms with Crippen LogP contribution in [0.2, 0.25) is 0 Å². The van der Waals surface area contributed by atoms with Crippen LogP contribution in [0.15, 0.2) is 6.07 Å². The molecule has 1 rings (SSSR count). The van der Waals surface area contributed by atoms with Crippen LogP contribution in [0.5, 0.6) is 5.88 Å². The van der Waals surface area contributed by atoms with E-state index in [4.69, 9.17) is 9.47 Å². The van der Waals surface area contributed by atoms with Gasteiger partial charge in [-0.15, -0.1) is 0 Å². The van der Waals surface area contributed by atoms with Crippen molar-refractivity contribution in [1.29, 1.82) is 0 Å². The van der Waals surface area contributed by atoms with Gasteiger partial charge < -0.3 is 20.1 Å². The molecular formula is C12H20N4O3. The van der Waals surface area contributed by atoms with Gasteiger partial charge in [-0.2, -0.15) is 4.98 Å². The zero-order chi connectivity index (χ0) is 14.3. The van der Waals surface area contributed by atoms with Crippen molar-refractivity contribution in [2.45, 2.75) is 19.9 Å². The van der Waals surface area contributed by atoms with E-state index in [0.717, 1.165) is 0 Å². The number of anilines is 1. The van der Waals surface area contributed by atoms with E-state index >= 15 is 0 Å². The van der Waals surface area contributed by atoms with Crippen molar-refractivity contribution in [2.24, 2.45) is 0 Å². The van der Waals surface area contributed by atoms with Gasteiger partial charge in [-0.25, -0.2) is 4.98 Å². The van der Waals surface area contributed by atoms with Gasteiger partial charge in [-0.1, -0.05) is 0 Å². The van der Waals surface area contributed by atoms with Crippen LogP contribution in [0.1, 0.15) is 12.7 Å². The van der Waals surface area contributed by atoms with Gasteiger partial charge >= 0.3 is 0 Å². The van der Waals surface area contributed by atoms with E-state index in [9.17, 15) is 4.79 Å². The summed E-state index contributed by atoms with van der Waals surface area (Å²) in [5.74, 6) is 1.47. The number of methoxy groups -OCH3 is 2. The second kappa shape index (κ2) is 7.52. The highest BCUT2D eigenvalue weighted by Gasteiger charge is 2.13. The van der Waals surface area contributed by atoms with Gasteiger partial charge in [0.2, 0.25) is 11.8 Å². The Labute approximate surface area is 112 Å². The fourth-order valence-electron chi connectivity index (χ4n) is 1.44. The van der Waals surface area contributed by atoms with Gasteiger partial charge in [0.1, 0.15) is 17.7 Å². The van der Waals surface area contributed by atoms with Crippen LogP contribution in [0.25, 0.3) is 0 Å². The van der Waals surface area contributed by atoms with Gasteiger partial charge in [-0.05, 0) is 13.8 Å². The molecule has 1 amide bonds. The lowest BCUT2D eigenvalue weighted by Crippen LogP contribution is -2.39. The van der Waals surface area contributed by atoms with Crippen molar-refractivity contribution in [3.8, 4) is 5.88 Å². The second-order valence-corrected chi connectivity index (χ2v) is 3.99. The standard InChI is InChI=1S/C12H20N4O3/c1-8(12(17)13-5-6-18-3)14-10-7-11(19-4)16-9(2)15-10/h7-8H,5-6H2,1-4H3,(H,13,17)(H,14,15,16). The molecule has 0 fully saturated rings. The highest BCUT2D eigenvalue weighted by atomic mass is 16.5. The van der Waals surface area contributed by atoms with Crippen LogP contribution < -0.4 is 15.4 Å². The lowest BCUT2D eigenvalue weighted by Gasteiger charge is -2.15. The van der Waals surface area contributed by atoms with E-state index in [1.807, 2.05) is 0 Å². The predicted molar refractivity (Wildman–Crippen MR) is 71.3 cm³/mol. The number of nitrogens with one attached hydrogen (secondary N) is 2. The number of hydrogen-bond acceptors (Lipinski definition) is 6. The Morgan fingerprint density at radius 3 is 2.79 bits per heavy atom. The molecule has 1 unspecified atom stereocenters. The Hall–Kier alpha value is -1.89. The molecule has 0 saturated heterocycles. The zero-order valence-electron chi connectivity index (χ0n) is 11.7. The first-order valence-electron chi connectivity index (χ1n) is 5.99. The van der Waals surface area contributed by atoms with E-state index in [1.165, 1.54) is 7.11 Å². The van der Waals surface area contributed by atoms with Gasteiger partial charge in [0.15, 0.2) is 0 Å². The lowest BCUT2D eigenvalue weighted by molar-refractivity contribution is -0.121. The molecule has 0 radical (unpaired) electrons. The number of rotatable bonds is 7. The van der Waals surface area contributed by atoms with Crippen molar-refractivity contribution in [3.63, 3.8) is 0 Å². The van der Waals surface area contributed by atoms with E-state index in [1.54, 1.807) is 27.0 Å². The van der Waals surface area contributed by atoms with Crippen LogP contribution in [-0.4, -0.2) is 49.3 Å². The maximum absolute atomic E-state index is 11.8. The van der Waals surface area contributed by atoms with Crippen LogP contribution in [-0.2, 0) is 9.53 Å². The van der Waals surface area contributed by atoms with Gasteiger partial charge in [0.05, 0.1) is 13.7 Å². The molecule has 1 aromatic rings. The second-order valence-electron chi connectivity index (χ2n) is 3.99. The smallest absolute Gasteiger partial charge is 0.242 e. The minimum Gasteiger partial charge on any atom is -0.481 e. The number of aromatic nitrogens is 2. The average Bonchev–Trinajstić information content (AvgIpc) is 2.38. The average molecular weight is 268 g/mol. The number of carbonyl (C=O) groups excluding carboxylic acids is 1. The molecule has 0 bridgehead atoms. The molecule has 1 aromatic heterocycles. The third-order valence-electron chi connectivity index (χ3n) is 2.39. The number of ether oxygens (including phenoxy) is 2. The van der Waals surface area contributed by atoms with Crippen molar-refractivity contribution in [2.75, 3.05) is 32.7 Å². The summed E-state index contributed by atoms with van der Waals surface area (Å²) >= 11 is 0. The maximum Gasteiger partial charge on any atom is 0.242 e. The van der Waals surface area contributed by atoms with Crippen molar-refractivity contribution in [1.82, 2.24) is 15.3 Å². The minimum absolute atomic E-state index is 0.118. The van der Waals surface area contributed by atoms with E-state index in [2.05, 4.69) is 20.6 Å². The predicted octanol–water partition coefficient (Wildman–Crippen LogP) is 0.357. The SMILES string of the molecule is COCCNC(=O)C(C)Nc1cc(OC)nc(C)n1. The van der Waals surface area contributed by atoms with Gasteiger partial charge in [0.25, 0.3) is 0 Å². The maximum atomic E-state index is 11.8. The molecule has 2 N–H and O–H groups in total. The molecule has 0 saturated carbocycles. The Morgan fingerprint density at radius 1 is 1.42 bits per heavy atom. The Morgan fingerprint density at radius 2 is 2.16 bits per heavy atom. The summed E-state index contributed by atoms with van der Waals surface area (Å²) in [6.07, 6.45) is 0. The summed E-state index contributed by atoms with van der Waals surface area (Å²) in [4.78, 5) is 20.0. The summed E-state index contributed by atoms with van der Waals surface area (Å²) in [5, 5.41) is 5.75. The first kappa shape index (κ1) is 15.2. The van der Waals surface area contributed by atoms with Crippen LogP contribution in [0.4, 0.5) is 5.82 Å². The Kier molecular flexibility index (Phi) is 6.01. The van der Waals surface area contributed by atoms with Crippen LogP contribution in [0, 0.1) is 6.92 Å². The number of aryl methyl sites for hydroxylation is 1. The number of hydrogen-bond donors (Lipinski definition) is 2. The van der Waals surface area contributed by atoms with Crippen molar-refractivity contribution < 1.29 is 14.3 Å². The third kappa shape index (κ3) is 5.09. The number of amides is 1. The summed E-state index contributed by atoms with van der Waals surface area (Å²) < 4.78 is 9.91. The molecule has 106 valence electrons. The minimum atomic E-state index is -0.407. The van der Waals surface area contributed by atoms with Crippen LogP contribution in [0.3, 0.4) is 0 Å². The molecule has 0 aliphatic heterocycles. The molecule has 1 heterocycles. The topological polar surface area (TPSA) is 85.4 Å². The first-order chi connectivity index (χ1) is 9.06. The third-order valence-corrected chi connectivity index (χ3v) is 2.39. The fourth-order valence-corrected chi connectivity index (χ4v) is 1.44. The zero-order valence-corrected chi connectivity index (χ0v) is 11.7. The van der Waals surface area contributed by atoms with Crippen molar-refractivity contribution >= 4 is 11.7 Å². The number of carbonyl (C=O) groups is 1. The Bertz CT molecular complexity index is 425. The normalized spacial score (nSPS) is 11.8. The molecular weight excluding hydrogens is 248 g/mol. The highest BCUT2D eigenvalue weighted by molar-refractivity contribution is 5.83. The molecule has 0 aromatic carbocycles. The van der Waals surface area contributed by atoms with Gasteiger partial charge in [-0.3, -0.25) is 4.79 Å². The molecule has 1 atom stereocenters. The molecule has 0 spiro atoms. The Balaban J connectivity index is 2.58. The quantitative estimate of drug-likeness (QED) is 0.694. The molecule has 7 nitrogen and oxygen atoms in total. The molecule has 0 aliphatic rings. The summed E-state index contributed by atoms with van der Waals surface area (Å²) in [6.45, 7) is 4.48. The fraction of sp³-hybridized carbons (Fsp3) is 0.583. The molecule has 19 heavy (non-hydrogen) atoms. The first-order valence-corrected chi connectivity index (χ1v) is 5.99.